The maximum Gasteiger partial charge on any atom is 0.407 e. The van der Waals surface area contributed by atoms with E-state index in [2.05, 4.69) is 34.9 Å². The van der Waals surface area contributed by atoms with Gasteiger partial charge in [-0.25, -0.2) is 4.79 Å². The SMILES string of the molecule is O=C(O)CCCNC(=O)C1C2CCC(C2)C1NC(=O)OCC1c2ccccc2-c2ccccc21. The molecule has 2 fully saturated rings. The van der Waals surface area contributed by atoms with Gasteiger partial charge in [0.05, 0.1) is 5.92 Å². The van der Waals surface area contributed by atoms with Crippen LogP contribution in [0.1, 0.15) is 49.1 Å². The van der Waals surface area contributed by atoms with Gasteiger partial charge >= 0.3 is 12.1 Å². The highest BCUT2D eigenvalue weighted by Crippen LogP contribution is 2.49. The summed E-state index contributed by atoms with van der Waals surface area (Å²) >= 11 is 0. The number of carboxylic acid groups (broad SMARTS) is 1. The van der Waals surface area contributed by atoms with Gasteiger partial charge in [0.25, 0.3) is 0 Å². The zero-order chi connectivity index (χ0) is 23.7. The van der Waals surface area contributed by atoms with Gasteiger partial charge in [0.1, 0.15) is 6.61 Å². The second-order valence-electron chi connectivity index (χ2n) is 9.64. The number of carboxylic acids is 1. The summed E-state index contributed by atoms with van der Waals surface area (Å²) in [6.07, 6.45) is 2.86. The van der Waals surface area contributed by atoms with Crippen LogP contribution in [0.3, 0.4) is 0 Å². The van der Waals surface area contributed by atoms with Gasteiger partial charge in [-0.15, -0.1) is 0 Å². The molecule has 2 saturated carbocycles. The molecule has 7 nitrogen and oxygen atoms in total. The van der Waals surface area contributed by atoms with Crippen LogP contribution < -0.4 is 10.6 Å². The maximum atomic E-state index is 12.9. The summed E-state index contributed by atoms with van der Waals surface area (Å²) in [5.41, 5.74) is 4.68. The molecule has 5 rings (SSSR count). The van der Waals surface area contributed by atoms with Crippen molar-refractivity contribution in [3.05, 3.63) is 59.7 Å². The molecule has 4 unspecified atom stereocenters. The van der Waals surface area contributed by atoms with Gasteiger partial charge in [-0.1, -0.05) is 48.5 Å². The molecule has 7 heteroatoms. The lowest BCUT2D eigenvalue weighted by Crippen LogP contribution is -2.50. The highest BCUT2D eigenvalue weighted by atomic mass is 16.5. The Morgan fingerprint density at radius 2 is 1.59 bits per heavy atom. The number of fused-ring (bicyclic) bond motifs is 5. The summed E-state index contributed by atoms with van der Waals surface area (Å²) in [6, 6.07) is 16.2. The van der Waals surface area contributed by atoms with Crippen LogP contribution in [-0.2, 0) is 14.3 Å². The van der Waals surface area contributed by atoms with Crippen LogP contribution >= 0.6 is 0 Å². The van der Waals surface area contributed by atoms with Crippen molar-refractivity contribution in [1.29, 1.82) is 0 Å². The fraction of sp³-hybridized carbons (Fsp3) is 0.444. The zero-order valence-electron chi connectivity index (χ0n) is 19.0. The summed E-state index contributed by atoms with van der Waals surface area (Å²) in [4.78, 5) is 36.4. The van der Waals surface area contributed by atoms with Crippen molar-refractivity contribution in [3.8, 4) is 11.1 Å². The molecule has 178 valence electrons. The monoisotopic (exact) mass is 462 g/mol. The standard InChI is InChI=1S/C27H30N2O5/c30-23(31)10-5-13-28-26(32)24-16-11-12-17(14-16)25(24)29-27(33)34-15-22-20-8-3-1-6-18(20)19-7-2-4-9-21(19)22/h1-4,6-9,16-17,22,24-25H,5,10-15H2,(H,28,32)(H,29,33)(H,30,31). The molecule has 2 bridgehead atoms. The van der Waals surface area contributed by atoms with E-state index in [9.17, 15) is 14.4 Å². The number of ether oxygens (including phenoxy) is 1. The van der Waals surface area contributed by atoms with Crippen molar-refractivity contribution < 1.29 is 24.2 Å². The Morgan fingerprint density at radius 1 is 0.941 bits per heavy atom. The number of carbonyl (C=O) groups is 3. The van der Waals surface area contributed by atoms with Crippen LogP contribution in [0, 0.1) is 17.8 Å². The minimum atomic E-state index is -0.871. The molecule has 0 aromatic heterocycles. The van der Waals surface area contributed by atoms with E-state index in [0.29, 0.717) is 13.0 Å². The number of nitrogens with one attached hydrogen (secondary N) is 2. The first-order valence-electron chi connectivity index (χ1n) is 12.1. The first kappa shape index (κ1) is 22.4. The lowest BCUT2D eigenvalue weighted by Gasteiger charge is -2.30. The molecule has 3 aliphatic rings. The zero-order valence-corrected chi connectivity index (χ0v) is 19.0. The molecule has 2 aromatic rings. The Hall–Kier alpha value is -3.35. The molecule has 34 heavy (non-hydrogen) atoms. The minimum Gasteiger partial charge on any atom is -0.481 e. The van der Waals surface area contributed by atoms with E-state index in [0.717, 1.165) is 30.4 Å². The summed E-state index contributed by atoms with van der Waals surface area (Å²) < 4.78 is 5.72. The molecule has 3 N–H and O–H groups in total. The first-order valence-corrected chi connectivity index (χ1v) is 12.1. The van der Waals surface area contributed by atoms with Crippen LogP contribution in [0.25, 0.3) is 11.1 Å². The van der Waals surface area contributed by atoms with E-state index < -0.39 is 12.1 Å². The van der Waals surface area contributed by atoms with Gasteiger partial charge in [0.15, 0.2) is 0 Å². The largest absolute Gasteiger partial charge is 0.481 e. The molecule has 2 aromatic carbocycles. The Kier molecular flexibility index (Phi) is 6.26. The van der Waals surface area contributed by atoms with Crippen molar-refractivity contribution in [2.75, 3.05) is 13.2 Å². The summed E-state index contributed by atoms with van der Waals surface area (Å²) in [6.45, 7) is 0.573. The molecular formula is C27H30N2O5. The Bertz CT molecular complexity index is 1050. The van der Waals surface area contributed by atoms with Crippen molar-refractivity contribution in [1.82, 2.24) is 10.6 Å². The number of amides is 2. The number of hydrogen-bond donors (Lipinski definition) is 3. The van der Waals surface area contributed by atoms with Crippen molar-refractivity contribution in [2.45, 2.75) is 44.1 Å². The molecule has 0 spiro atoms. The predicted molar refractivity (Wildman–Crippen MR) is 126 cm³/mol. The van der Waals surface area contributed by atoms with Crippen LogP contribution in [0.5, 0.6) is 0 Å². The molecule has 4 atom stereocenters. The first-order chi connectivity index (χ1) is 16.5. The number of benzene rings is 2. The molecule has 0 saturated heterocycles. The number of hydrogen-bond acceptors (Lipinski definition) is 4. The second kappa shape index (κ2) is 9.49. The Balaban J connectivity index is 1.20. The number of alkyl carbamates (subject to hydrolysis) is 1. The lowest BCUT2D eigenvalue weighted by molar-refractivity contribution is -0.137. The second-order valence-corrected chi connectivity index (χ2v) is 9.64. The normalized spacial score (nSPS) is 24.4. The van der Waals surface area contributed by atoms with Crippen LogP contribution in [0.4, 0.5) is 4.79 Å². The van der Waals surface area contributed by atoms with Gasteiger partial charge in [0.2, 0.25) is 5.91 Å². The molecule has 0 radical (unpaired) electrons. The lowest BCUT2D eigenvalue weighted by atomic mass is 9.83. The number of aliphatic carboxylic acids is 1. The van der Waals surface area contributed by atoms with E-state index in [1.165, 1.54) is 11.1 Å². The third-order valence-electron chi connectivity index (χ3n) is 7.71. The van der Waals surface area contributed by atoms with E-state index >= 15 is 0 Å². The minimum absolute atomic E-state index is 0.00786. The summed E-state index contributed by atoms with van der Waals surface area (Å²) in [5.74, 6) is -0.732. The van der Waals surface area contributed by atoms with Crippen LogP contribution in [0.2, 0.25) is 0 Å². The highest BCUT2D eigenvalue weighted by molar-refractivity contribution is 5.82. The summed E-state index contributed by atoms with van der Waals surface area (Å²) in [5, 5.41) is 14.7. The van der Waals surface area contributed by atoms with Crippen molar-refractivity contribution in [3.63, 3.8) is 0 Å². The third kappa shape index (κ3) is 4.27. The molecule has 2 amide bonds. The van der Waals surface area contributed by atoms with Crippen molar-refractivity contribution >= 4 is 18.0 Å². The van der Waals surface area contributed by atoms with E-state index in [1.54, 1.807) is 0 Å². The van der Waals surface area contributed by atoms with E-state index in [4.69, 9.17) is 9.84 Å². The Morgan fingerprint density at radius 3 is 2.26 bits per heavy atom. The molecular weight excluding hydrogens is 432 g/mol. The summed E-state index contributed by atoms with van der Waals surface area (Å²) in [7, 11) is 0. The average Bonchev–Trinajstić information content (AvgIpc) is 3.52. The molecule has 3 aliphatic carbocycles. The fourth-order valence-electron chi connectivity index (χ4n) is 6.22. The van der Waals surface area contributed by atoms with Gasteiger partial charge < -0.3 is 20.5 Å². The molecule has 0 heterocycles. The maximum absolute atomic E-state index is 12.9. The third-order valence-corrected chi connectivity index (χ3v) is 7.71. The Labute approximate surface area is 198 Å². The predicted octanol–water partition coefficient (Wildman–Crippen LogP) is 3.92. The van der Waals surface area contributed by atoms with Gasteiger partial charge in [-0.2, -0.15) is 0 Å². The van der Waals surface area contributed by atoms with E-state index in [-0.39, 0.29) is 48.6 Å². The van der Waals surface area contributed by atoms with Crippen LogP contribution in [-0.4, -0.2) is 42.3 Å². The van der Waals surface area contributed by atoms with Gasteiger partial charge in [-0.3, -0.25) is 9.59 Å². The van der Waals surface area contributed by atoms with Gasteiger partial charge in [0, 0.05) is 24.9 Å². The fourth-order valence-corrected chi connectivity index (χ4v) is 6.22. The average molecular weight is 463 g/mol. The number of rotatable bonds is 8. The quantitative estimate of drug-likeness (QED) is 0.516. The van der Waals surface area contributed by atoms with Crippen LogP contribution in [0.15, 0.2) is 48.5 Å². The molecule has 0 aliphatic heterocycles. The van der Waals surface area contributed by atoms with Crippen molar-refractivity contribution in [2.24, 2.45) is 17.8 Å². The number of carbonyl (C=O) groups excluding carboxylic acids is 2. The smallest absolute Gasteiger partial charge is 0.407 e. The highest BCUT2D eigenvalue weighted by Gasteiger charge is 2.51. The van der Waals surface area contributed by atoms with E-state index in [1.807, 2.05) is 24.3 Å². The van der Waals surface area contributed by atoms with Gasteiger partial charge in [-0.05, 0) is 59.8 Å². The topological polar surface area (TPSA) is 105 Å².